The third kappa shape index (κ3) is 5.56. The van der Waals surface area contributed by atoms with Crippen molar-refractivity contribution in [1.82, 2.24) is 4.98 Å². The molecule has 0 saturated heterocycles. The van der Waals surface area contributed by atoms with Crippen molar-refractivity contribution in [3.05, 3.63) is 60.2 Å². The Morgan fingerprint density at radius 2 is 1.16 bits per heavy atom. The Bertz CT molecular complexity index is 1050. The van der Waals surface area contributed by atoms with Gasteiger partial charge in [0, 0.05) is 24.5 Å². The molecule has 0 bridgehead atoms. The van der Waals surface area contributed by atoms with Gasteiger partial charge in [-0.25, -0.2) is 0 Å². The summed E-state index contributed by atoms with van der Waals surface area (Å²) in [6, 6.07) is 5.93. The molecule has 15 heteroatoms. The highest BCUT2D eigenvalue weighted by Crippen LogP contribution is 2.60. The van der Waals surface area contributed by atoms with E-state index < -0.39 is 42.3 Å². The van der Waals surface area contributed by atoms with Crippen LogP contribution in [0.1, 0.15) is 49.7 Å². The van der Waals surface area contributed by atoms with Crippen LogP contribution in [-0.2, 0) is 6.54 Å². The highest BCUT2D eigenvalue weighted by Gasteiger charge is 2.91. The Morgan fingerprint density at radius 3 is 1.61 bits per heavy atom. The van der Waals surface area contributed by atoms with Gasteiger partial charge in [-0.15, -0.1) is 0 Å². The molecular formula is C23H22F13N2+. The summed E-state index contributed by atoms with van der Waals surface area (Å²) in [6.07, 6.45) is -1.50. The predicted molar refractivity (Wildman–Crippen MR) is 108 cm³/mol. The van der Waals surface area contributed by atoms with Gasteiger partial charge in [0.2, 0.25) is 6.54 Å². The molecule has 2 unspecified atom stereocenters. The zero-order valence-electron chi connectivity index (χ0n) is 19.7. The molecule has 2 aromatic heterocycles. The fourth-order valence-electron chi connectivity index (χ4n) is 3.77. The number of nitrogens with zero attached hydrogens (tertiary/aromatic N) is 2. The van der Waals surface area contributed by atoms with Crippen molar-refractivity contribution < 1.29 is 61.6 Å². The average molecular weight is 573 g/mol. The second-order valence-corrected chi connectivity index (χ2v) is 8.83. The first-order chi connectivity index (χ1) is 17.1. The molecule has 0 aliphatic rings. The van der Waals surface area contributed by atoms with Gasteiger partial charge in [-0.3, -0.25) is 4.98 Å². The predicted octanol–water partition coefficient (Wildman–Crippen LogP) is 7.80. The Kier molecular flexibility index (Phi) is 8.74. The number of aromatic nitrogens is 2. The lowest BCUT2D eigenvalue weighted by atomic mass is 9.85. The lowest BCUT2D eigenvalue weighted by molar-refractivity contribution is -0.719. The van der Waals surface area contributed by atoms with Gasteiger partial charge < -0.3 is 0 Å². The third-order valence-corrected chi connectivity index (χ3v) is 6.17. The van der Waals surface area contributed by atoms with Crippen molar-refractivity contribution in [2.75, 3.05) is 0 Å². The summed E-state index contributed by atoms with van der Waals surface area (Å²) >= 11 is 0. The Hall–Kier alpha value is -2.61. The number of rotatable bonds is 11. The van der Waals surface area contributed by atoms with Gasteiger partial charge in [-0.1, -0.05) is 13.8 Å². The molecular weight excluding hydrogens is 551 g/mol. The molecule has 0 aliphatic carbocycles. The molecule has 0 spiro atoms. The van der Waals surface area contributed by atoms with E-state index in [0.717, 1.165) is 18.0 Å². The molecule has 0 fully saturated rings. The minimum Gasteiger partial charge on any atom is -0.265 e. The van der Waals surface area contributed by atoms with Crippen molar-refractivity contribution in [3.63, 3.8) is 0 Å². The summed E-state index contributed by atoms with van der Waals surface area (Å²) in [4.78, 5) is 3.91. The van der Waals surface area contributed by atoms with Crippen molar-refractivity contribution in [1.29, 1.82) is 0 Å². The largest absolute Gasteiger partial charge is 0.460 e. The van der Waals surface area contributed by atoms with Crippen LogP contribution in [0.5, 0.6) is 0 Å². The van der Waals surface area contributed by atoms with Gasteiger partial charge in [0.25, 0.3) is 0 Å². The van der Waals surface area contributed by atoms with E-state index in [1.54, 1.807) is 31.5 Å². The van der Waals surface area contributed by atoms with Crippen LogP contribution < -0.4 is 4.57 Å². The maximum absolute atomic E-state index is 14.1. The summed E-state index contributed by atoms with van der Waals surface area (Å²) in [5.41, 5.74) is 1.47. The van der Waals surface area contributed by atoms with E-state index in [-0.39, 0.29) is 16.4 Å². The van der Waals surface area contributed by atoms with Gasteiger partial charge in [0.1, 0.15) is 0 Å². The smallest absolute Gasteiger partial charge is 0.265 e. The first kappa shape index (κ1) is 31.6. The molecule has 38 heavy (non-hydrogen) atoms. The molecule has 2 aromatic rings. The number of hydrogen-bond donors (Lipinski definition) is 0. The molecule has 2 atom stereocenters. The lowest BCUT2D eigenvalue weighted by Crippen LogP contribution is -2.71. The van der Waals surface area contributed by atoms with E-state index >= 15 is 0 Å². The normalized spacial score (nSPS) is 15.9. The van der Waals surface area contributed by atoms with Gasteiger partial charge in [0.05, 0.1) is 0 Å². The number of alkyl halides is 13. The van der Waals surface area contributed by atoms with E-state index in [2.05, 4.69) is 4.98 Å². The summed E-state index contributed by atoms with van der Waals surface area (Å²) in [6.45, 7) is 1.26. The second kappa shape index (κ2) is 10.5. The molecule has 2 heterocycles. The first-order valence-corrected chi connectivity index (χ1v) is 11.0. The van der Waals surface area contributed by atoms with Gasteiger partial charge in [-0.2, -0.15) is 61.6 Å². The quantitative estimate of drug-likeness (QED) is 0.198. The van der Waals surface area contributed by atoms with Crippen LogP contribution in [0, 0.1) is 0 Å². The zero-order valence-corrected chi connectivity index (χ0v) is 19.7. The average Bonchev–Trinajstić information content (AvgIpc) is 2.82. The molecule has 2 nitrogen and oxygen atoms in total. The van der Waals surface area contributed by atoms with Crippen molar-refractivity contribution in [2.45, 2.75) is 80.9 Å². The summed E-state index contributed by atoms with van der Waals surface area (Å²) in [7, 11) is 0. The molecule has 0 N–H and O–H groups in total. The molecule has 0 saturated carbocycles. The lowest BCUT2D eigenvalue weighted by Gasteiger charge is -2.38. The van der Waals surface area contributed by atoms with Crippen LogP contribution in [0.15, 0.2) is 49.1 Å². The van der Waals surface area contributed by atoms with E-state index in [1.807, 2.05) is 6.92 Å². The summed E-state index contributed by atoms with van der Waals surface area (Å²) in [5.74, 6) is -37.1. The maximum atomic E-state index is 14.1. The Morgan fingerprint density at radius 1 is 0.684 bits per heavy atom. The highest BCUT2D eigenvalue weighted by molar-refractivity contribution is 5.19. The van der Waals surface area contributed by atoms with Crippen LogP contribution in [0.3, 0.4) is 0 Å². The van der Waals surface area contributed by atoms with Gasteiger partial charge in [0.15, 0.2) is 12.4 Å². The molecule has 0 amide bonds. The SMILES string of the molecule is CCC(CC(C)c1cc[n+](CC(F)(F)C(F)(F)C(F)(F)C(F)(F)C(F)(F)C(F)(F)F)cc1)c1ccncc1. The minimum absolute atomic E-state index is 0.0575. The Balaban J connectivity index is 2.25. The van der Waals surface area contributed by atoms with Crippen LogP contribution >= 0.6 is 0 Å². The summed E-state index contributed by atoms with van der Waals surface area (Å²) < 4.78 is 173. The monoisotopic (exact) mass is 573 g/mol. The third-order valence-electron chi connectivity index (χ3n) is 6.17. The second-order valence-electron chi connectivity index (χ2n) is 8.83. The van der Waals surface area contributed by atoms with Gasteiger partial charge >= 0.3 is 35.8 Å². The minimum atomic E-state index is -7.90. The van der Waals surface area contributed by atoms with Crippen LogP contribution in [0.2, 0.25) is 0 Å². The molecule has 214 valence electrons. The fraction of sp³-hybridized carbons (Fsp3) is 0.565. The fourth-order valence-corrected chi connectivity index (χ4v) is 3.77. The van der Waals surface area contributed by atoms with Crippen LogP contribution in [0.25, 0.3) is 0 Å². The van der Waals surface area contributed by atoms with Crippen molar-refractivity contribution in [3.8, 4) is 0 Å². The van der Waals surface area contributed by atoms with Crippen LogP contribution in [0.4, 0.5) is 57.1 Å². The standard InChI is InChI=1S/C23H22F13N2/c1-3-15(17-4-8-37-9-5-17)12-14(2)16-6-10-38(11-7-16)13-18(24,25)19(26,27)20(28,29)21(30,31)22(32,33)23(34,35)36/h4-11,14-15H,3,12-13H2,1-2H3/q+1. The topological polar surface area (TPSA) is 16.8 Å². The first-order valence-electron chi connectivity index (χ1n) is 11.0. The van der Waals surface area contributed by atoms with E-state index in [9.17, 15) is 57.1 Å². The molecule has 0 aromatic carbocycles. The van der Waals surface area contributed by atoms with E-state index in [0.29, 0.717) is 18.4 Å². The van der Waals surface area contributed by atoms with E-state index in [1.165, 1.54) is 12.1 Å². The summed E-state index contributed by atoms with van der Waals surface area (Å²) in [5, 5.41) is 0. The van der Waals surface area contributed by atoms with Gasteiger partial charge in [-0.05, 0) is 47.9 Å². The number of hydrogen-bond acceptors (Lipinski definition) is 1. The van der Waals surface area contributed by atoms with Crippen molar-refractivity contribution >= 4 is 0 Å². The van der Waals surface area contributed by atoms with Crippen molar-refractivity contribution in [2.24, 2.45) is 0 Å². The highest BCUT2D eigenvalue weighted by atomic mass is 19.4. The number of halogens is 13. The maximum Gasteiger partial charge on any atom is 0.460 e. The van der Waals surface area contributed by atoms with E-state index in [4.69, 9.17) is 0 Å². The molecule has 0 radical (unpaired) electrons. The molecule has 0 aliphatic heterocycles. The Labute approximate surface area is 208 Å². The number of pyridine rings is 2. The molecule has 2 rings (SSSR count). The van der Waals surface area contributed by atoms with Crippen LogP contribution in [-0.4, -0.2) is 40.8 Å². The zero-order chi connectivity index (χ0) is 29.4.